The highest BCUT2D eigenvalue weighted by Crippen LogP contribution is 2.24. The van der Waals surface area contributed by atoms with E-state index in [0.717, 1.165) is 4.90 Å². The molecule has 9 nitrogen and oxygen atoms in total. The number of hydrogen-bond donors (Lipinski definition) is 2. The van der Waals surface area contributed by atoms with Crippen LogP contribution in [0.5, 0.6) is 0 Å². The number of aliphatic hydroxyl groups excluding tert-OH is 1. The Morgan fingerprint density at radius 1 is 1.43 bits per heavy atom. The van der Waals surface area contributed by atoms with Crippen LogP contribution in [0.15, 0.2) is 12.1 Å². The third kappa shape index (κ3) is 3.07. The normalized spacial score (nSPS) is 21.3. The lowest BCUT2D eigenvalue weighted by Crippen LogP contribution is -2.42. The van der Waals surface area contributed by atoms with Crippen LogP contribution < -0.4 is 10.2 Å². The number of rotatable bonds is 3. The van der Waals surface area contributed by atoms with E-state index >= 15 is 0 Å². The van der Waals surface area contributed by atoms with Gasteiger partial charge in [-0.05, 0) is 32.9 Å². The van der Waals surface area contributed by atoms with Gasteiger partial charge in [-0.15, -0.1) is 10.2 Å². The van der Waals surface area contributed by atoms with Crippen molar-refractivity contribution in [2.24, 2.45) is 0 Å². The molecule has 1 aromatic heterocycles. The van der Waals surface area contributed by atoms with E-state index in [2.05, 4.69) is 15.5 Å². The number of nitrogens with one attached hydrogen (secondary N) is 1. The van der Waals surface area contributed by atoms with Crippen molar-refractivity contribution in [3.8, 4) is 6.07 Å². The lowest BCUT2D eigenvalue weighted by molar-refractivity contribution is 0.0923. The van der Waals surface area contributed by atoms with E-state index in [1.807, 2.05) is 6.07 Å². The van der Waals surface area contributed by atoms with E-state index < -0.39 is 23.7 Å². The number of nitrogens with zero attached hydrogens (tertiary/aromatic N) is 5. The fourth-order valence-corrected chi connectivity index (χ4v) is 2.06. The van der Waals surface area contributed by atoms with Gasteiger partial charge in [0.05, 0.1) is 12.1 Å². The van der Waals surface area contributed by atoms with Gasteiger partial charge in [-0.1, -0.05) is 0 Å². The van der Waals surface area contributed by atoms with Crippen LogP contribution in [-0.4, -0.2) is 57.0 Å². The fourth-order valence-electron chi connectivity index (χ4n) is 2.06. The first-order valence-electron chi connectivity index (χ1n) is 6.99. The van der Waals surface area contributed by atoms with Crippen molar-refractivity contribution >= 4 is 17.8 Å². The summed E-state index contributed by atoms with van der Waals surface area (Å²) in [5.41, 5.74) is -1.02. The Balaban J connectivity index is 2.19. The summed E-state index contributed by atoms with van der Waals surface area (Å²) in [6.45, 7) is 4.83. The topological polar surface area (TPSA) is 122 Å². The minimum Gasteiger partial charge on any atom is -0.371 e. The lowest BCUT2D eigenvalue weighted by Gasteiger charge is -2.19. The van der Waals surface area contributed by atoms with Gasteiger partial charge in [-0.2, -0.15) is 5.26 Å². The highest BCUT2D eigenvalue weighted by molar-refractivity contribution is 5.95. The maximum atomic E-state index is 12.1. The molecule has 23 heavy (non-hydrogen) atoms. The SMILES string of the molecule is CC1C(O)N(c2ccc(C(=O)NC(C)(C)C#N)nn2)C(=O)N1C. The standard InChI is InChI=1S/C14H18N6O3/c1-8-12(22)20(13(23)19(8)4)10-6-5-9(17-18-10)11(21)16-14(2,3)7-15/h5-6,8,12,22H,1-4H3,(H,16,21). The zero-order valence-electron chi connectivity index (χ0n) is 13.3. The van der Waals surface area contributed by atoms with Crippen LogP contribution in [0.1, 0.15) is 31.3 Å². The summed E-state index contributed by atoms with van der Waals surface area (Å²) in [5, 5.41) is 29.1. The van der Waals surface area contributed by atoms with Crippen molar-refractivity contribution in [3.63, 3.8) is 0 Å². The number of nitriles is 1. The van der Waals surface area contributed by atoms with Gasteiger partial charge < -0.3 is 15.3 Å². The van der Waals surface area contributed by atoms with Crippen molar-refractivity contribution in [1.82, 2.24) is 20.4 Å². The minimum atomic E-state index is -1.04. The molecule has 0 saturated carbocycles. The summed E-state index contributed by atoms with van der Waals surface area (Å²) in [6, 6.07) is 3.97. The van der Waals surface area contributed by atoms with Crippen LogP contribution in [0.25, 0.3) is 0 Å². The van der Waals surface area contributed by atoms with Gasteiger partial charge in [0.1, 0.15) is 5.54 Å². The Hall–Kier alpha value is -2.73. The van der Waals surface area contributed by atoms with E-state index in [1.165, 1.54) is 17.0 Å². The molecule has 0 aliphatic carbocycles. The molecule has 2 heterocycles. The number of aliphatic hydroxyl groups is 1. The molecule has 0 bridgehead atoms. The predicted octanol–water partition coefficient (Wildman–Crippen LogP) is 0.0873. The Kier molecular flexibility index (Phi) is 4.20. The van der Waals surface area contributed by atoms with Gasteiger partial charge in [-0.3, -0.25) is 4.79 Å². The summed E-state index contributed by atoms with van der Waals surface area (Å²) in [7, 11) is 1.58. The van der Waals surface area contributed by atoms with Gasteiger partial charge in [0, 0.05) is 7.05 Å². The second-order valence-corrected chi connectivity index (χ2v) is 5.89. The van der Waals surface area contributed by atoms with Crippen LogP contribution in [0.3, 0.4) is 0 Å². The van der Waals surface area contributed by atoms with Crippen molar-refractivity contribution in [2.45, 2.75) is 38.6 Å². The van der Waals surface area contributed by atoms with E-state index in [0.29, 0.717) is 0 Å². The number of hydrogen-bond acceptors (Lipinski definition) is 6. The fraction of sp³-hybridized carbons (Fsp3) is 0.500. The molecule has 1 aliphatic rings. The predicted molar refractivity (Wildman–Crippen MR) is 80.3 cm³/mol. The van der Waals surface area contributed by atoms with E-state index in [1.54, 1.807) is 27.8 Å². The summed E-state index contributed by atoms with van der Waals surface area (Å²) in [4.78, 5) is 26.6. The molecule has 3 amide bonds. The summed E-state index contributed by atoms with van der Waals surface area (Å²) >= 11 is 0. The highest BCUT2D eigenvalue weighted by atomic mass is 16.3. The summed E-state index contributed by atoms with van der Waals surface area (Å²) < 4.78 is 0. The molecule has 0 radical (unpaired) electrons. The molecule has 122 valence electrons. The van der Waals surface area contributed by atoms with Gasteiger partial charge in [-0.25, -0.2) is 9.69 Å². The molecule has 2 unspecified atom stereocenters. The quantitative estimate of drug-likeness (QED) is 0.814. The summed E-state index contributed by atoms with van der Waals surface area (Å²) in [6.07, 6.45) is -1.04. The molecule has 0 aromatic carbocycles. The van der Waals surface area contributed by atoms with Crippen molar-refractivity contribution < 1.29 is 14.7 Å². The van der Waals surface area contributed by atoms with Crippen molar-refractivity contribution in [1.29, 1.82) is 5.26 Å². The maximum Gasteiger partial charge on any atom is 0.328 e. The van der Waals surface area contributed by atoms with E-state index in [4.69, 9.17) is 5.26 Å². The zero-order chi connectivity index (χ0) is 17.4. The van der Waals surface area contributed by atoms with Crippen LogP contribution in [0, 0.1) is 11.3 Å². The largest absolute Gasteiger partial charge is 0.371 e. The molecule has 1 saturated heterocycles. The first-order valence-corrected chi connectivity index (χ1v) is 6.99. The molecule has 9 heteroatoms. The van der Waals surface area contributed by atoms with Gasteiger partial charge in [0.2, 0.25) is 0 Å². The van der Waals surface area contributed by atoms with Gasteiger partial charge in [0.25, 0.3) is 5.91 Å². The average Bonchev–Trinajstić information content (AvgIpc) is 2.71. The Morgan fingerprint density at radius 2 is 2.09 bits per heavy atom. The number of carbonyl (C=O) groups excluding carboxylic acids is 2. The number of urea groups is 1. The molecule has 1 aromatic rings. The number of amides is 3. The van der Waals surface area contributed by atoms with Crippen LogP contribution in [-0.2, 0) is 0 Å². The number of carbonyl (C=O) groups is 2. The molecular weight excluding hydrogens is 300 g/mol. The third-order valence-electron chi connectivity index (χ3n) is 3.65. The first-order chi connectivity index (χ1) is 10.7. The smallest absolute Gasteiger partial charge is 0.328 e. The molecule has 2 rings (SSSR count). The van der Waals surface area contributed by atoms with E-state index in [9.17, 15) is 14.7 Å². The number of likely N-dealkylation sites (N-methyl/N-ethyl adjacent to an activating group) is 1. The second-order valence-electron chi connectivity index (χ2n) is 5.89. The number of anilines is 1. The van der Waals surface area contributed by atoms with Crippen LogP contribution >= 0.6 is 0 Å². The van der Waals surface area contributed by atoms with E-state index in [-0.39, 0.29) is 17.6 Å². The minimum absolute atomic E-state index is 0.0135. The van der Waals surface area contributed by atoms with Gasteiger partial charge in [0.15, 0.2) is 17.7 Å². The Bertz CT molecular complexity index is 666. The molecular formula is C14H18N6O3. The second kappa shape index (κ2) is 5.81. The zero-order valence-corrected chi connectivity index (χ0v) is 13.3. The highest BCUT2D eigenvalue weighted by Gasteiger charge is 2.42. The molecule has 2 atom stereocenters. The molecule has 1 fully saturated rings. The molecule has 2 N–H and O–H groups in total. The number of aromatic nitrogens is 2. The maximum absolute atomic E-state index is 12.1. The van der Waals surface area contributed by atoms with Gasteiger partial charge >= 0.3 is 6.03 Å². The van der Waals surface area contributed by atoms with Crippen molar-refractivity contribution in [3.05, 3.63) is 17.8 Å². The lowest BCUT2D eigenvalue weighted by atomic mass is 10.1. The summed E-state index contributed by atoms with van der Waals surface area (Å²) in [5.74, 6) is -0.399. The van der Waals surface area contributed by atoms with Crippen LogP contribution in [0.4, 0.5) is 10.6 Å². The average molecular weight is 318 g/mol. The Morgan fingerprint density at radius 3 is 2.52 bits per heavy atom. The van der Waals surface area contributed by atoms with Crippen molar-refractivity contribution in [2.75, 3.05) is 11.9 Å². The van der Waals surface area contributed by atoms with Crippen LogP contribution in [0.2, 0.25) is 0 Å². The molecule has 0 spiro atoms. The monoisotopic (exact) mass is 318 g/mol. The first kappa shape index (κ1) is 16.6. The third-order valence-corrected chi connectivity index (χ3v) is 3.65. The molecule has 1 aliphatic heterocycles. The Labute approximate surface area is 133 Å².